The van der Waals surface area contributed by atoms with Crippen molar-refractivity contribution in [3.05, 3.63) is 0 Å². The van der Waals surface area contributed by atoms with Crippen LogP contribution in [0.25, 0.3) is 0 Å². The van der Waals surface area contributed by atoms with E-state index in [-0.39, 0.29) is 12.1 Å². The number of hydrogen-bond acceptors (Lipinski definition) is 3. The minimum atomic E-state index is 0.0425. The Morgan fingerprint density at radius 1 is 1.29 bits per heavy atom. The molecule has 1 unspecified atom stereocenters. The average Bonchev–Trinajstić information content (AvgIpc) is 2.19. The van der Waals surface area contributed by atoms with Gasteiger partial charge in [-0.15, -0.1) is 0 Å². The molecule has 1 aliphatic carbocycles. The van der Waals surface area contributed by atoms with Crippen molar-refractivity contribution in [1.82, 2.24) is 5.32 Å². The Kier molecular flexibility index (Phi) is 3.42. The summed E-state index contributed by atoms with van der Waals surface area (Å²) in [6.07, 6.45) is 7.55. The van der Waals surface area contributed by atoms with Crippen LogP contribution in [0.4, 0.5) is 0 Å². The first kappa shape index (κ1) is 10.4. The van der Waals surface area contributed by atoms with Crippen LogP contribution in [0.2, 0.25) is 0 Å². The van der Waals surface area contributed by atoms with Crippen LogP contribution in [0.5, 0.6) is 0 Å². The van der Waals surface area contributed by atoms with E-state index in [2.05, 4.69) is 5.32 Å². The number of aliphatic hydroxyl groups excluding tert-OH is 1. The van der Waals surface area contributed by atoms with Crippen LogP contribution in [0.3, 0.4) is 0 Å². The number of hydrogen-bond donors (Lipinski definition) is 2. The smallest absolute Gasteiger partial charge is 0.0699 e. The van der Waals surface area contributed by atoms with Gasteiger partial charge in [-0.1, -0.05) is 0 Å². The molecule has 1 saturated carbocycles. The van der Waals surface area contributed by atoms with Crippen molar-refractivity contribution in [3.63, 3.8) is 0 Å². The summed E-state index contributed by atoms with van der Waals surface area (Å²) < 4.78 is 5.64. The van der Waals surface area contributed by atoms with Gasteiger partial charge in [0.2, 0.25) is 0 Å². The van der Waals surface area contributed by atoms with E-state index in [1.807, 2.05) is 0 Å². The Bertz CT molecular complexity index is 169. The Morgan fingerprint density at radius 3 is 2.64 bits per heavy atom. The molecule has 14 heavy (non-hydrogen) atoms. The van der Waals surface area contributed by atoms with Crippen LogP contribution in [0.15, 0.2) is 0 Å². The molecule has 2 aliphatic rings. The summed E-state index contributed by atoms with van der Waals surface area (Å²) in [7, 11) is 0. The largest absolute Gasteiger partial charge is 0.394 e. The van der Waals surface area contributed by atoms with Crippen LogP contribution in [-0.4, -0.2) is 36.5 Å². The van der Waals surface area contributed by atoms with Crippen LogP contribution < -0.4 is 5.32 Å². The summed E-state index contributed by atoms with van der Waals surface area (Å²) >= 11 is 0. The summed E-state index contributed by atoms with van der Waals surface area (Å²) in [5.74, 6) is 0. The molecule has 2 fully saturated rings. The molecule has 0 amide bonds. The lowest BCUT2D eigenvalue weighted by atomic mass is 9.77. The molecular weight excluding hydrogens is 178 g/mol. The van der Waals surface area contributed by atoms with Gasteiger partial charge in [0, 0.05) is 18.7 Å². The third-order valence-corrected chi connectivity index (χ3v) is 3.59. The summed E-state index contributed by atoms with van der Waals surface area (Å²) in [4.78, 5) is 0. The molecule has 1 heterocycles. The van der Waals surface area contributed by atoms with Gasteiger partial charge in [0.05, 0.1) is 12.7 Å². The number of ether oxygens (including phenoxy) is 1. The topological polar surface area (TPSA) is 41.5 Å². The summed E-state index contributed by atoms with van der Waals surface area (Å²) in [5, 5.41) is 12.7. The van der Waals surface area contributed by atoms with Crippen LogP contribution in [0.1, 0.15) is 38.5 Å². The lowest BCUT2D eigenvalue weighted by Crippen LogP contribution is -2.56. The third-order valence-electron chi connectivity index (χ3n) is 3.59. The molecule has 2 N–H and O–H groups in total. The standard InChI is InChI=1S/C11H21NO2/c13-9-11(5-3-6-11)12-8-10-4-1-2-7-14-10/h10,12-13H,1-9H2. The molecule has 2 rings (SSSR count). The highest BCUT2D eigenvalue weighted by atomic mass is 16.5. The predicted molar refractivity (Wildman–Crippen MR) is 55.3 cm³/mol. The Balaban J connectivity index is 1.69. The molecule has 0 aromatic carbocycles. The monoisotopic (exact) mass is 199 g/mol. The second-order valence-electron chi connectivity index (χ2n) is 4.66. The maximum absolute atomic E-state index is 9.26. The van der Waals surface area contributed by atoms with Crippen molar-refractivity contribution in [2.45, 2.75) is 50.2 Å². The summed E-state index contributed by atoms with van der Waals surface area (Å²) in [5.41, 5.74) is 0.0425. The van der Waals surface area contributed by atoms with E-state index in [0.717, 1.165) is 26.0 Å². The van der Waals surface area contributed by atoms with Crippen molar-refractivity contribution >= 4 is 0 Å². The normalized spacial score (nSPS) is 31.1. The predicted octanol–water partition coefficient (Wildman–Crippen LogP) is 1.06. The maximum Gasteiger partial charge on any atom is 0.0699 e. The molecule has 1 saturated heterocycles. The van der Waals surface area contributed by atoms with E-state index in [9.17, 15) is 5.11 Å². The van der Waals surface area contributed by atoms with Crippen LogP contribution in [-0.2, 0) is 4.74 Å². The van der Waals surface area contributed by atoms with E-state index < -0.39 is 0 Å². The lowest BCUT2D eigenvalue weighted by Gasteiger charge is -2.42. The second-order valence-corrected chi connectivity index (χ2v) is 4.66. The summed E-state index contributed by atoms with van der Waals surface area (Å²) in [6.45, 7) is 2.11. The molecule has 1 atom stereocenters. The third kappa shape index (κ3) is 2.27. The molecule has 0 spiro atoms. The zero-order valence-electron chi connectivity index (χ0n) is 8.80. The van der Waals surface area contributed by atoms with Crippen molar-refractivity contribution < 1.29 is 9.84 Å². The van der Waals surface area contributed by atoms with Crippen molar-refractivity contribution in [2.24, 2.45) is 0 Å². The minimum Gasteiger partial charge on any atom is -0.394 e. The second kappa shape index (κ2) is 4.60. The fourth-order valence-electron chi connectivity index (χ4n) is 2.29. The van der Waals surface area contributed by atoms with E-state index >= 15 is 0 Å². The minimum absolute atomic E-state index is 0.0425. The summed E-state index contributed by atoms with van der Waals surface area (Å²) in [6, 6.07) is 0. The molecule has 82 valence electrons. The average molecular weight is 199 g/mol. The van der Waals surface area contributed by atoms with Gasteiger partial charge in [-0.2, -0.15) is 0 Å². The van der Waals surface area contributed by atoms with Gasteiger partial charge in [0.1, 0.15) is 0 Å². The Labute approximate surface area is 85.8 Å². The van der Waals surface area contributed by atoms with Crippen molar-refractivity contribution in [2.75, 3.05) is 19.8 Å². The highest BCUT2D eigenvalue weighted by molar-refractivity contribution is 4.95. The van der Waals surface area contributed by atoms with Crippen LogP contribution >= 0.6 is 0 Å². The van der Waals surface area contributed by atoms with Gasteiger partial charge < -0.3 is 15.2 Å². The quantitative estimate of drug-likeness (QED) is 0.711. The number of aliphatic hydroxyl groups is 1. The zero-order chi connectivity index (χ0) is 9.86. The Morgan fingerprint density at radius 2 is 2.14 bits per heavy atom. The zero-order valence-corrected chi connectivity index (χ0v) is 8.80. The van der Waals surface area contributed by atoms with Gasteiger partial charge in [0.25, 0.3) is 0 Å². The maximum atomic E-state index is 9.26. The Hall–Kier alpha value is -0.120. The van der Waals surface area contributed by atoms with E-state index in [0.29, 0.717) is 6.10 Å². The molecule has 1 aliphatic heterocycles. The first-order valence-corrected chi connectivity index (χ1v) is 5.82. The van der Waals surface area contributed by atoms with Gasteiger partial charge in [-0.05, 0) is 38.5 Å². The molecular formula is C11H21NO2. The van der Waals surface area contributed by atoms with Gasteiger partial charge in [-0.3, -0.25) is 0 Å². The number of nitrogens with one attached hydrogen (secondary N) is 1. The molecule has 0 aromatic rings. The fraction of sp³-hybridized carbons (Fsp3) is 1.00. The van der Waals surface area contributed by atoms with Gasteiger partial charge >= 0.3 is 0 Å². The van der Waals surface area contributed by atoms with Gasteiger partial charge in [-0.25, -0.2) is 0 Å². The van der Waals surface area contributed by atoms with Gasteiger partial charge in [0.15, 0.2) is 0 Å². The molecule has 0 bridgehead atoms. The highest BCUT2D eigenvalue weighted by Crippen LogP contribution is 2.31. The van der Waals surface area contributed by atoms with E-state index in [1.165, 1.54) is 25.7 Å². The van der Waals surface area contributed by atoms with E-state index in [1.54, 1.807) is 0 Å². The molecule has 3 heteroatoms. The fourth-order valence-corrected chi connectivity index (χ4v) is 2.29. The molecule has 0 aromatic heterocycles. The molecule has 3 nitrogen and oxygen atoms in total. The first-order chi connectivity index (χ1) is 6.85. The van der Waals surface area contributed by atoms with E-state index in [4.69, 9.17) is 4.74 Å². The van der Waals surface area contributed by atoms with Crippen LogP contribution in [0, 0.1) is 0 Å². The van der Waals surface area contributed by atoms with Crippen molar-refractivity contribution in [3.8, 4) is 0 Å². The SMILES string of the molecule is OCC1(NCC2CCCCO2)CCC1. The van der Waals surface area contributed by atoms with Crippen molar-refractivity contribution in [1.29, 1.82) is 0 Å². The highest BCUT2D eigenvalue weighted by Gasteiger charge is 2.36. The molecule has 0 radical (unpaired) electrons. The first-order valence-electron chi connectivity index (χ1n) is 5.82. The number of rotatable bonds is 4. The lowest BCUT2D eigenvalue weighted by molar-refractivity contribution is 0.000428.